The van der Waals surface area contributed by atoms with E-state index in [1.165, 1.54) is 0 Å². The minimum atomic E-state index is -1.23. The van der Waals surface area contributed by atoms with Gasteiger partial charge < -0.3 is 29.7 Å². The topological polar surface area (TPSA) is 146 Å². The first kappa shape index (κ1) is 29.2. The average Bonchev–Trinajstić information content (AvgIpc) is 2.74. The number of benzene rings is 1. The Labute approximate surface area is 206 Å². The molecular weight excluding hydrogens is 516 g/mol. The first-order valence-corrected chi connectivity index (χ1v) is 7.85. The van der Waals surface area contributed by atoms with E-state index in [1.807, 2.05) is 12.1 Å². The van der Waals surface area contributed by atoms with Crippen molar-refractivity contribution in [3.63, 3.8) is 0 Å². The van der Waals surface area contributed by atoms with Gasteiger partial charge in [0.25, 0.3) is 0 Å². The zero-order chi connectivity index (χ0) is 22.2. The molecule has 9 heteroatoms. The van der Waals surface area contributed by atoms with Crippen LogP contribution in [-0.4, -0.2) is 27.9 Å². The summed E-state index contributed by atoms with van der Waals surface area (Å²) in [5, 5.41) is 29.7. The van der Waals surface area contributed by atoms with Crippen molar-refractivity contribution >= 4 is 39.7 Å². The number of fused-ring (bicyclic) bond motifs is 3. The van der Waals surface area contributed by atoms with Gasteiger partial charge in [0.05, 0.1) is 28.9 Å². The fraction of sp³-hybridized carbons (Fsp3) is 0. The summed E-state index contributed by atoms with van der Waals surface area (Å²) >= 11 is 0. The first-order valence-electron chi connectivity index (χ1n) is 7.85. The molecule has 1 aromatic carbocycles. The molecule has 2 heterocycles. The second-order valence-corrected chi connectivity index (χ2v) is 4.79. The molecule has 151 valence electrons. The van der Waals surface area contributed by atoms with Crippen LogP contribution >= 0.6 is 0 Å². The van der Waals surface area contributed by atoms with Crippen molar-refractivity contribution in [1.82, 2.24) is 9.97 Å². The Morgan fingerprint density at radius 2 is 0.933 bits per heavy atom. The Kier molecular flexibility index (Phi) is 16.5. The molecule has 0 aliphatic rings. The van der Waals surface area contributed by atoms with E-state index in [2.05, 4.69) is 54.0 Å². The Balaban J connectivity index is 0. The van der Waals surface area contributed by atoms with E-state index < -0.39 is 17.9 Å². The molecular formula is C21H17CeN2O6. The Hall–Kier alpha value is -2.95. The molecule has 0 amide bonds. The maximum absolute atomic E-state index is 9.14. The van der Waals surface area contributed by atoms with E-state index in [4.69, 9.17) is 29.7 Å². The van der Waals surface area contributed by atoms with E-state index in [1.54, 1.807) is 12.4 Å². The molecule has 0 aliphatic carbocycles. The molecule has 3 rings (SSSR count). The van der Waals surface area contributed by atoms with Crippen molar-refractivity contribution < 1.29 is 71.5 Å². The van der Waals surface area contributed by atoms with Gasteiger partial charge in [-0.25, -0.2) is 0 Å². The molecule has 0 fully saturated rings. The van der Waals surface area contributed by atoms with Crippen molar-refractivity contribution in [1.29, 1.82) is 0 Å². The van der Waals surface area contributed by atoms with Gasteiger partial charge in [-0.2, -0.15) is 0 Å². The van der Waals surface area contributed by atoms with Gasteiger partial charge in [-0.15, -0.1) is 0 Å². The van der Waals surface area contributed by atoms with Gasteiger partial charge in [0.2, 0.25) is 0 Å². The van der Waals surface area contributed by atoms with E-state index in [0.29, 0.717) is 0 Å². The second kappa shape index (κ2) is 17.0. The predicted octanol–water partition coefficient (Wildman–Crippen LogP) is -0.450. The minimum absolute atomic E-state index is 0. The number of pyridine rings is 2. The van der Waals surface area contributed by atoms with Crippen molar-refractivity contribution in [2.75, 3.05) is 0 Å². The average molecular weight is 533 g/mol. The van der Waals surface area contributed by atoms with E-state index in [-0.39, 0.29) is 41.7 Å². The number of hydrogen-bond donors (Lipinski definition) is 0. The molecule has 0 atom stereocenters. The summed E-state index contributed by atoms with van der Waals surface area (Å²) in [5.41, 5.74) is 1.95. The van der Waals surface area contributed by atoms with Crippen molar-refractivity contribution in [2.45, 2.75) is 0 Å². The van der Waals surface area contributed by atoms with Gasteiger partial charge in [-0.3, -0.25) is 9.97 Å². The SMILES string of the molecule is C=CC(=O)[O-].C=CC(=O)[O-].C=CC(=O)[O-].[Ce+3].c1cnc2c(c1)ccc1cccnc12. The monoisotopic (exact) mass is 533 g/mol. The fourth-order valence-electron chi connectivity index (χ4n) is 1.68. The Morgan fingerprint density at radius 1 is 0.667 bits per heavy atom. The first-order chi connectivity index (χ1) is 13.8. The third kappa shape index (κ3) is 12.5. The van der Waals surface area contributed by atoms with Crippen LogP contribution in [0.25, 0.3) is 21.8 Å². The quantitative estimate of drug-likeness (QED) is 0.325. The summed E-state index contributed by atoms with van der Waals surface area (Å²) in [5.74, 6) is -3.69. The number of carbonyl (C=O) groups is 3. The van der Waals surface area contributed by atoms with E-state index in [9.17, 15) is 0 Å². The van der Waals surface area contributed by atoms with Crippen LogP contribution in [0.3, 0.4) is 0 Å². The summed E-state index contributed by atoms with van der Waals surface area (Å²) in [7, 11) is 0. The van der Waals surface area contributed by atoms with Crippen LogP contribution in [0.2, 0.25) is 0 Å². The van der Waals surface area contributed by atoms with Gasteiger partial charge in [0, 0.05) is 23.2 Å². The molecule has 30 heavy (non-hydrogen) atoms. The summed E-state index contributed by atoms with van der Waals surface area (Å²) in [6.07, 6.45) is 5.77. The van der Waals surface area contributed by atoms with Crippen LogP contribution in [0.4, 0.5) is 0 Å². The number of aliphatic carboxylic acids is 3. The third-order valence-corrected chi connectivity index (χ3v) is 2.84. The Bertz CT molecular complexity index is 923. The molecule has 0 N–H and O–H groups in total. The maximum atomic E-state index is 9.14. The molecule has 1 radical (unpaired) electrons. The number of carboxylic acid groups (broad SMARTS) is 3. The number of rotatable bonds is 3. The fourth-order valence-corrected chi connectivity index (χ4v) is 1.68. The van der Waals surface area contributed by atoms with Crippen LogP contribution in [0.1, 0.15) is 0 Å². The third-order valence-electron chi connectivity index (χ3n) is 2.84. The number of aromatic nitrogens is 2. The van der Waals surface area contributed by atoms with Crippen molar-refractivity contribution in [3.05, 3.63) is 86.8 Å². The van der Waals surface area contributed by atoms with Crippen LogP contribution < -0.4 is 15.3 Å². The molecule has 0 bridgehead atoms. The van der Waals surface area contributed by atoms with Crippen LogP contribution in [0.15, 0.2) is 86.8 Å². The van der Waals surface area contributed by atoms with Gasteiger partial charge in [-0.05, 0) is 30.4 Å². The number of carbonyl (C=O) groups excluding carboxylic acids is 3. The maximum Gasteiger partial charge on any atom is 3.00 e. The van der Waals surface area contributed by atoms with Gasteiger partial charge in [-0.1, -0.05) is 44.0 Å². The summed E-state index contributed by atoms with van der Waals surface area (Å²) < 4.78 is 0. The molecule has 0 aliphatic heterocycles. The van der Waals surface area contributed by atoms with Crippen LogP contribution in [-0.2, 0) is 14.4 Å². The minimum Gasteiger partial charge on any atom is -0.545 e. The largest absolute Gasteiger partial charge is 3.00 e. The zero-order valence-electron chi connectivity index (χ0n) is 15.8. The standard InChI is InChI=1S/C12H8N2.3C3H4O2.Ce/c1-3-9-5-6-10-4-2-8-14-12(10)11(9)13-7-1;3*1-2-3(4)5;/h1-8H;3*2H,1H2,(H,4,5);/q;;;;+3/p-3. The van der Waals surface area contributed by atoms with Crippen molar-refractivity contribution in [3.8, 4) is 0 Å². The smallest absolute Gasteiger partial charge is 0.545 e. The zero-order valence-corrected chi connectivity index (χ0v) is 19.0. The summed E-state index contributed by atoms with van der Waals surface area (Å²) in [4.78, 5) is 36.1. The van der Waals surface area contributed by atoms with Gasteiger partial charge >= 0.3 is 41.7 Å². The molecule has 8 nitrogen and oxygen atoms in total. The van der Waals surface area contributed by atoms with Crippen molar-refractivity contribution in [2.24, 2.45) is 0 Å². The van der Waals surface area contributed by atoms with E-state index >= 15 is 0 Å². The van der Waals surface area contributed by atoms with E-state index in [0.717, 1.165) is 40.0 Å². The number of hydrogen-bond acceptors (Lipinski definition) is 8. The summed E-state index contributed by atoms with van der Waals surface area (Å²) in [6, 6.07) is 12.1. The summed E-state index contributed by atoms with van der Waals surface area (Å²) in [6.45, 7) is 8.69. The molecule has 0 saturated heterocycles. The molecule has 2 aromatic heterocycles. The van der Waals surface area contributed by atoms with Crippen LogP contribution in [0, 0.1) is 41.7 Å². The van der Waals surface area contributed by atoms with Gasteiger partial charge in [0.1, 0.15) is 0 Å². The van der Waals surface area contributed by atoms with Crippen LogP contribution in [0.5, 0.6) is 0 Å². The number of carboxylic acids is 3. The normalized spacial score (nSPS) is 8.27. The Morgan fingerprint density at radius 3 is 1.17 bits per heavy atom. The molecule has 0 spiro atoms. The molecule has 3 aromatic rings. The number of nitrogens with zero attached hydrogens (tertiary/aromatic N) is 2. The van der Waals surface area contributed by atoms with Gasteiger partial charge in [0.15, 0.2) is 0 Å². The molecule has 0 unspecified atom stereocenters. The predicted molar refractivity (Wildman–Crippen MR) is 103 cm³/mol. The second-order valence-electron chi connectivity index (χ2n) is 4.79. The molecule has 0 saturated carbocycles.